The van der Waals surface area contributed by atoms with Crippen molar-refractivity contribution in [1.29, 1.82) is 0 Å². The van der Waals surface area contributed by atoms with E-state index in [1.165, 1.54) is 5.57 Å². The molecule has 13 heavy (non-hydrogen) atoms. The summed E-state index contributed by atoms with van der Waals surface area (Å²) >= 11 is 0. The van der Waals surface area contributed by atoms with E-state index in [0.717, 1.165) is 19.3 Å². The van der Waals surface area contributed by atoms with E-state index in [2.05, 4.69) is 19.9 Å². The Morgan fingerprint density at radius 1 is 1.31 bits per heavy atom. The van der Waals surface area contributed by atoms with Gasteiger partial charge in [-0.25, -0.2) is 0 Å². The molecule has 2 nitrogen and oxygen atoms in total. The van der Waals surface area contributed by atoms with Crippen molar-refractivity contribution in [1.82, 2.24) is 0 Å². The number of carbonyl (C=O) groups is 1. The molecular weight excluding hydrogens is 164 g/mol. The minimum atomic E-state index is -0.0770. The lowest BCUT2D eigenvalue weighted by Crippen LogP contribution is -2.05. The maximum atomic E-state index is 10.9. The van der Waals surface area contributed by atoms with Gasteiger partial charge in [-0.1, -0.05) is 25.5 Å². The van der Waals surface area contributed by atoms with Crippen LogP contribution in [-0.4, -0.2) is 12.6 Å². The highest BCUT2D eigenvalue weighted by Crippen LogP contribution is 2.02. The maximum absolute atomic E-state index is 10.9. The van der Waals surface area contributed by atoms with Gasteiger partial charge in [-0.3, -0.25) is 4.79 Å². The second-order valence-corrected chi connectivity index (χ2v) is 3.18. The number of ether oxygens (including phenoxy) is 1. The minimum Gasteiger partial charge on any atom is -0.465 e. The van der Waals surface area contributed by atoms with E-state index >= 15 is 0 Å². The van der Waals surface area contributed by atoms with Crippen molar-refractivity contribution < 1.29 is 9.53 Å². The summed E-state index contributed by atoms with van der Waals surface area (Å²) in [5, 5.41) is 0. The summed E-state index contributed by atoms with van der Waals surface area (Å²) in [7, 11) is 0. The van der Waals surface area contributed by atoms with Gasteiger partial charge in [0.1, 0.15) is 0 Å². The number of allylic oxidation sites excluding steroid dienone is 1. The van der Waals surface area contributed by atoms with Gasteiger partial charge in [-0.05, 0) is 19.8 Å². The van der Waals surface area contributed by atoms with E-state index in [9.17, 15) is 4.79 Å². The number of carbonyl (C=O) groups excluding carboxylic acids is 1. The lowest BCUT2D eigenvalue weighted by atomic mass is 10.2. The second-order valence-electron chi connectivity index (χ2n) is 3.18. The predicted octanol–water partition coefficient (Wildman–Crippen LogP) is 3.08. The molecule has 76 valence electrons. The third-order valence-corrected chi connectivity index (χ3v) is 1.77. The first-order chi connectivity index (χ1) is 6.20. The molecule has 0 saturated carbocycles. The highest BCUT2D eigenvalue weighted by Gasteiger charge is 1.99. The lowest BCUT2D eigenvalue weighted by Gasteiger charge is -2.03. The van der Waals surface area contributed by atoms with Crippen LogP contribution in [0.4, 0.5) is 0 Å². The molecule has 0 radical (unpaired) electrons. The van der Waals surface area contributed by atoms with E-state index in [4.69, 9.17) is 4.74 Å². The van der Waals surface area contributed by atoms with Crippen LogP contribution in [0, 0.1) is 0 Å². The van der Waals surface area contributed by atoms with Crippen molar-refractivity contribution >= 4 is 5.97 Å². The Morgan fingerprint density at radius 2 is 2.00 bits per heavy atom. The summed E-state index contributed by atoms with van der Waals surface area (Å²) in [6.45, 7) is 6.68. The van der Waals surface area contributed by atoms with Crippen molar-refractivity contribution in [3.05, 3.63) is 11.6 Å². The van der Waals surface area contributed by atoms with Gasteiger partial charge in [0, 0.05) is 12.8 Å². The smallest absolute Gasteiger partial charge is 0.305 e. The largest absolute Gasteiger partial charge is 0.465 e. The quantitative estimate of drug-likeness (QED) is 0.468. The molecule has 0 amide bonds. The van der Waals surface area contributed by atoms with Crippen LogP contribution in [0.25, 0.3) is 0 Å². The zero-order chi connectivity index (χ0) is 10.1. The summed E-state index contributed by atoms with van der Waals surface area (Å²) in [6.07, 6.45) is 5.48. The van der Waals surface area contributed by atoms with Crippen LogP contribution in [0.5, 0.6) is 0 Å². The molecule has 0 unspecified atom stereocenters. The van der Waals surface area contributed by atoms with Crippen molar-refractivity contribution in [2.24, 2.45) is 0 Å². The molecule has 0 aromatic heterocycles. The Labute approximate surface area is 81.0 Å². The minimum absolute atomic E-state index is 0.0770. The highest BCUT2D eigenvalue weighted by molar-refractivity contribution is 5.69. The number of esters is 1. The topological polar surface area (TPSA) is 26.3 Å². The Balaban J connectivity index is 3.44. The van der Waals surface area contributed by atoms with Crippen molar-refractivity contribution in [3.8, 4) is 0 Å². The molecular formula is C11H20O2. The van der Waals surface area contributed by atoms with Crippen LogP contribution in [0.1, 0.15) is 46.5 Å². The first-order valence-corrected chi connectivity index (χ1v) is 5.02. The SMILES string of the molecule is CCC=C(C)CCOC(=O)CCC. The molecule has 0 fully saturated rings. The molecule has 0 heterocycles. The molecule has 0 rings (SSSR count). The van der Waals surface area contributed by atoms with E-state index in [1.807, 2.05) is 6.92 Å². The number of hydrogen-bond acceptors (Lipinski definition) is 2. The number of rotatable bonds is 6. The first-order valence-electron chi connectivity index (χ1n) is 5.02. The molecule has 0 aromatic carbocycles. The second kappa shape index (κ2) is 7.84. The van der Waals surface area contributed by atoms with Crippen LogP contribution < -0.4 is 0 Å². The van der Waals surface area contributed by atoms with E-state index in [0.29, 0.717) is 13.0 Å². The Bertz CT molecular complexity index is 171. The Kier molecular flexibility index (Phi) is 7.36. The highest BCUT2D eigenvalue weighted by atomic mass is 16.5. The van der Waals surface area contributed by atoms with Gasteiger partial charge in [-0.15, -0.1) is 0 Å². The summed E-state index contributed by atoms with van der Waals surface area (Å²) in [6, 6.07) is 0. The van der Waals surface area contributed by atoms with Crippen LogP contribution >= 0.6 is 0 Å². The Hall–Kier alpha value is -0.790. The monoisotopic (exact) mass is 184 g/mol. The van der Waals surface area contributed by atoms with E-state index < -0.39 is 0 Å². The van der Waals surface area contributed by atoms with E-state index in [-0.39, 0.29) is 5.97 Å². The van der Waals surface area contributed by atoms with Crippen LogP contribution in [0.3, 0.4) is 0 Å². The standard InChI is InChI=1S/C11H20O2/c1-4-6-10(3)8-9-13-11(12)7-5-2/h6H,4-5,7-9H2,1-3H3. The summed E-state index contributed by atoms with van der Waals surface area (Å²) < 4.78 is 5.02. The van der Waals surface area contributed by atoms with Gasteiger partial charge in [-0.2, -0.15) is 0 Å². The average Bonchev–Trinajstić information content (AvgIpc) is 2.05. The summed E-state index contributed by atoms with van der Waals surface area (Å²) in [4.78, 5) is 10.9. The van der Waals surface area contributed by atoms with Crippen LogP contribution in [-0.2, 0) is 9.53 Å². The summed E-state index contributed by atoms with van der Waals surface area (Å²) in [5.74, 6) is -0.0770. The fourth-order valence-electron chi connectivity index (χ4n) is 1.05. The summed E-state index contributed by atoms with van der Waals surface area (Å²) in [5.41, 5.74) is 1.30. The first kappa shape index (κ1) is 12.2. The average molecular weight is 184 g/mol. The van der Waals surface area contributed by atoms with Gasteiger partial charge in [0.25, 0.3) is 0 Å². The molecule has 0 atom stereocenters. The fourth-order valence-corrected chi connectivity index (χ4v) is 1.05. The lowest BCUT2D eigenvalue weighted by molar-refractivity contribution is -0.143. The van der Waals surface area contributed by atoms with Crippen molar-refractivity contribution in [2.45, 2.75) is 46.5 Å². The molecule has 0 aromatic rings. The normalized spacial score (nSPS) is 11.5. The molecule has 0 aliphatic carbocycles. The third-order valence-electron chi connectivity index (χ3n) is 1.77. The van der Waals surface area contributed by atoms with Gasteiger partial charge in [0.05, 0.1) is 6.61 Å². The zero-order valence-corrected chi connectivity index (χ0v) is 8.93. The maximum Gasteiger partial charge on any atom is 0.305 e. The van der Waals surface area contributed by atoms with E-state index in [1.54, 1.807) is 0 Å². The molecule has 0 saturated heterocycles. The van der Waals surface area contributed by atoms with Crippen LogP contribution in [0.15, 0.2) is 11.6 Å². The predicted molar refractivity (Wildman–Crippen MR) is 54.5 cm³/mol. The van der Waals surface area contributed by atoms with Crippen molar-refractivity contribution in [2.75, 3.05) is 6.61 Å². The van der Waals surface area contributed by atoms with Gasteiger partial charge < -0.3 is 4.74 Å². The molecule has 0 N–H and O–H groups in total. The number of hydrogen-bond donors (Lipinski definition) is 0. The molecule has 0 spiro atoms. The molecule has 0 aliphatic rings. The van der Waals surface area contributed by atoms with Crippen LogP contribution in [0.2, 0.25) is 0 Å². The van der Waals surface area contributed by atoms with Gasteiger partial charge in [0.15, 0.2) is 0 Å². The molecule has 0 aliphatic heterocycles. The fraction of sp³-hybridized carbons (Fsp3) is 0.727. The zero-order valence-electron chi connectivity index (χ0n) is 8.93. The van der Waals surface area contributed by atoms with Gasteiger partial charge in [0.2, 0.25) is 0 Å². The third kappa shape index (κ3) is 7.57. The molecule has 0 bridgehead atoms. The molecule has 2 heteroatoms. The Morgan fingerprint density at radius 3 is 2.54 bits per heavy atom. The van der Waals surface area contributed by atoms with Gasteiger partial charge >= 0.3 is 5.97 Å². The van der Waals surface area contributed by atoms with Crippen molar-refractivity contribution in [3.63, 3.8) is 0 Å².